The molecule has 0 unspecified atom stereocenters. The number of allylic oxidation sites excluding steroid dienone is 1. The molecular formula is C23H26F2N6. The highest BCUT2D eigenvalue weighted by Gasteiger charge is 2.45. The summed E-state index contributed by atoms with van der Waals surface area (Å²) in [4.78, 5) is 18.3. The molecule has 0 amide bonds. The smallest absolute Gasteiger partial charge is 0.252 e. The molecule has 2 aliphatic carbocycles. The van der Waals surface area contributed by atoms with Crippen molar-refractivity contribution in [2.45, 2.75) is 70.9 Å². The number of fused-ring (bicyclic) bond motifs is 2. The second kappa shape index (κ2) is 7.35. The minimum absolute atomic E-state index is 0.159. The third-order valence-electron chi connectivity index (χ3n) is 6.10. The highest BCUT2D eigenvalue weighted by Crippen LogP contribution is 2.39. The number of alkyl halides is 2. The summed E-state index contributed by atoms with van der Waals surface area (Å²) in [5, 5.41) is 3.06. The Morgan fingerprint density at radius 1 is 1.16 bits per heavy atom. The van der Waals surface area contributed by atoms with Crippen LogP contribution in [0.5, 0.6) is 0 Å². The lowest BCUT2D eigenvalue weighted by Crippen LogP contribution is -2.44. The summed E-state index contributed by atoms with van der Waals surface area (Å²) < 4.78 is 28.5. The van der Waals surface area contributed by atoms with Crippen LogP contribution in [0.2, 0.25) is 0 Å². The zero-order chi connectivity index (χ0) is 21.8. The molecule has 3 aromatic rings. The van der Waals surface area contributed by atoms with Crippen LogP contribution in [0.4, 0.5) is 14.7 Å². The number of hydrogen-bond acceptors (Lipinski definition) is 5. The third-order valence-corrected chi connectivity index (χ3v) is 6.10. The van der Waals surface area contributed by atoms with Gasteiger partial charge >= 0.3 is 0 Å². The summed E-state index contributed by atoms with van der Waals surface area (Å²) in [6, 6.07) is 2.17. The minimum Gasteiger partial charge on any atom is -0.351 e. The van der Waals surface area contributed by atoms with E-state index in [4.69, 9.17) is 0 Å². The lowest BCUT2D eigenvalue weighted by molar-refractivity contribution is -0.0794. The van der Waals surface area contributed by atoms with E-state index in [0.29, 0.717) is 5.95 Å². The maximum absolute atomic E-state index is 13.1. The van der Waals surface area contributed by atoms with E-state index in [-0.39, 0.29) is 24.9 Å². The molecule has 3 heterocycles. The maximum Gasteiger partial charge on any atom is 0.252 e. The van der Waals surface area contributed by atoms with E-state index < -0.39 is 5.92 Å². The van der Waals surface area contributed by atoms with Gasteiger partial charge in [0.05, 0.1) is 11.2 Å². The zero-order valence-corrected chi connectivity index (χ0v) is 18.0. The van der Waals surface area contributed by atoms with Crippen LogP contribution in [0.25, 0.3) is 16.7 Å². The normalized spacial score (nSPS) is 18.5. The summed E-state index contributed by atoms with van der Waals surface area (Å²) in [6.07, 6.45) is 8.32. The van der Waals surface area contributed by atoms with Crippen molar-refractivity contribution in [3.63, 3.8) is 0 Å². The number of anilines is 1. The summed E-state index contributed by atoms with van der Waals surface area (Å²) in [5.41, 5.74) is 5.77. The van der Waals surface area contributed by atoms with Crippen molar-refractivity contribution in [2.75, 3.05) is 5.32 Å². The van der Waals surface area contributed by atoms with E-state index in [9.17, 15) is 8.78 Å². The molecule has 0 aliphatic heterocycles. The van der Waals surface area contributed by atoms with E-state index in [1.807, 2.05) is 19.3 Å². The van der Waals surface area contributed by atoms with Crippen LogP contribution in [-0.4, -0.2) is 36.5 Å². The number of nitrogens with one attached hydrogen (secondary N) is 1. The second-order valence-electron chi connectivity index (χ2n) is 8.86. The Morgan fingerprint density at radius 3 is 2.71 bits per heavy atom. The van der Waals surface area contributed by atoms with Crippen molar-refractivity contribution in [2.24, 2.45) is 0 Å². The fraction of sp³-hybridized carbons (Fsp3) is 0.478. The predicted molar refractivity (Wildman–Crippen MR) is 116 cm³/mol. The maximum atomic E-state index is 13.1. The van der Waals surface area contributed by atoms with E-state index >= 15 is 0 Å². The standard InChI is InChI=1S/C23H26F2N6/c1-13(2)31-14(3)28-21-20(31)8-15(11-26-21)17-6-4-5-7-19-18(17)12-27-22(30-19)29-16-9-23(24,25)10-16/h6,8,11-13,16H,4-5,7,9-10H2,1-3H3,(H,27,29,30). The average molecular weight is 424 g/mol. The van der Waals surface area contributed by atoms with Crippen LogP contribution in [0.1, 0.15) is 68.2 Å². The lowest BCUT2D eigenvalue weighted by Gasteiger charge is -2.35. The SMILES string of the molecule is Cc1nc2ncc(C3=CCCCc4nc(NC5CC(F)(F)C5)ncc43)cc2n1C(C)C. The molecule has 1 N–H and O–H groups in total. The van der Waals surface area contributed by atoms with Gasteiger partial charge < -0.3 is 9.88 Å². The highest BCUT2D eigenvalue weighted by molar-refractivity contribution is 5.85. The van der Waals surface area contributed by atoms with E-state index in [1.54, 1.807) is 0 Å². The number of rotatable bonds is 4. The van der Waals surface area contributed by atoms with Crippen LogP contribution in [0.15, 0.2) is 24.5 Å². The largest absolute Gasteiger partial charge is 0.351 e. The van der Waals surface area contributed by atoms with Gasteiger partial charge in [-0.25, -0.2) is 28.7 Å². The first-order chi connectivity index (χ1) is 14.8. The molecule has 0 saturated heterocycles. The van der Waals surface area contributed by atoms with Crippen LogP contribution in [0.3, 0.4) is 0 Å². The molecule has 0 aromatic carbocycles. The predicted octanol–water partition coefficient (Wildman–Crippen LogP) is 5.09. The molecule has 0 bridgehead atoms. The van der Waals surface area contributed by atoms with Gasteiger partial charge in [0.25, 0.3) is 5.92 Å². The number of nitrogens with zero attached hydrogens (tertiary/aromatic N) is 5. The van der Waals surface area contributed by atoms with Gasteiger partial charge in [0.2, 0.25) is 5.95 Å². The molecule has 8 heteroatoms. The van der Waals surface area contributed by atoms with Crippen LogP contribution >= 0.6 is 0 Å². The Labute approximate surface area is 179 Å². The van der Waals surface area contributed by atoms with Gasteiger partial charge in [-0.1, -0.05) is 6.08 Å². The summed E-state index contributed by atoms with van der Waals surface area (Å²) >= 11 is 0. The molecule has 2 aliphatic rings. The Kier molecular flexibility index (Phi) is 4.75. The van der Waals surface area contributed by atoms with E-state index in [0.717, 1.165) is 58.6 Å². The van der Waals surface area contributed by atoms with Crippen LogP contribution in [-0.2, 0) is 6.42 Å². The van der Waals surface area contributed by atoms with E-state index in [2.05, 4.69) is 55.8 Å². The Morgan fingerprint density at radius 2 is 1.97 bits per heavy atom. The average Bonchev–Trinajstić information content (AvgIpc) is 2.87. The molecule has 1 fully saturated rings. The van der Waals surface area contributed by atoms with E-state index in [1.165, 1.54) is 0 Å². The summed E-state index contributed by atoms with van der Waals surface area (Å²) in [7, 11) is 0. The van der Waals surface area contributed by atoms with Crippen molar-refractivity contribution >= 4 is 22.7 Å². The van der Waals surface area contributed by atoms with Gasteiger partial charge in [-0.05, 0) is 51.7 Å². The number of halogens is 2. The first-order valence-electron chi connectivity index (χ1n) is 10.9. The number of aromatic nitrogens is 5. The summed E-state index contributed by atoms with van der Waals surface area (Å²) in [6.45, 7) is 6.28. The Bertz CT molecular complexity index is 1170. The molecule has 3 aromatic heterocycles. The van der Waals surface area contributed by atoms with Gasteiger partial charge in [0.15, 0.2) is 5.65 Å². The molecule has 5 rings (SSSR count). The van der Waals surface area contributed by atoms with Gasteiger partial charge in [0.1, 0.15) is 5.82 Å². The zero-order valence-electron chi connectivity index (χ0n) is 18.0. The summed E-state index contributed by atoms with van der Waals surface area (Å²) in [5.74, 6) is -1.18. The fourth-order valence-corrected chi connectivity index (χ4v) is 4.64. The number of imidazole rings is 1. The molecular weight excluding hydrogens is 398 g/mol. The molecule has 1 saturated carbocycles. The molecule has 0 atom stereocenters. The van der Waals surface area contributed by atoms with Gasteiger partial charge in [0, 0.05) is 48.4 Å². The molecule has 0 spiro atoms. The Balaban J connectivity index is 1.49. The minimum atomic E-state index is -2.56. The van der Waals surface area contributed by atoms with Crippen molar-refractivity contribution in [3.8, 4) is 0 Å². The topological polar surface area (TPSA) is 68.5 Å². The fourth-order valence-electron chi connectivity index (χ4n) is 4.64. The highest BCUT2D eigenvalue weighted by atomic mass is 19.3. The molecule has 162 valence electrons. The molecule has 6 nitrogen and oxygen atoms in total. The molecule has 0 radical (unpaired) electrons. The molecule has 31 heavy (non-hydrogen) atoms. The quantitative estimate of drug-likeness (QED) is 0.632. The van der Waals surface area contributed by atoms with Gasteiger partial charge in [-0.3, -0.25) is 0 Å². The van der Waals surface area contributed by atoms with Crippen molar-refractivity contribution in [1.29, 1.82) is 0 Å². The number of hydrogen-bond donors (Lipinski definition) is 1. The first kappa shape index (κ1) is 20.0. The number of aryl methyl sites for hydroxylation is 2. The first-order valence-corrected chi connectivity index (χ1v) is 10.9. The van der Waals surface area contributed by atoms with Crippen molar-refractivity contribution in [3.05, 3.63) is 47.2 Å². The Hall–Kier alpha value is -2.90. The number of pyridine rings is 1. The van der Waals surface area contributed by atoms with Crippen LogP contribution < -0.4 is 5.32 Å². The van der Waals surface area contributed by atoms with Crippen molar-refractivity contribution in [1.82, 2.24) is 24.5 Å². The van der Waals surface area contributed by atoms with Crippen LogP contribution in [0, 0.1) is 6.92 Å². The lowest BCUT2D eigenvalue weighted by atomic mass is 9.88. The monoisotopic (exact) mass is 424 g/mol. The van der Waals surface area contributed by atoms with Gasteiger partial charge in [-0.2, -0.15) is 0 Å². The second-order valence-corrected chi connectivity index (χ2v) is 8.86. The van der Waals surface area contributed by atoms with Gasteiger partial charge in [-0.15, -0.1) is 0 Å². The van der Waals surface area contributed by atoms with Crippen molar-refractivity contribution < 1.29 is 8.78 Å². The third kappa shape index (κ3) is 3.68.